The first-order valence-corrected chi connectivity index (χ1v) is 11.0. The Kier molecular flexibility index (Phi) is 6.36. The molecular weight excluding hydrogens is 376 g/mol. The first kappa shape index (κ1) is 20.5. The van der Waals surface area contributed by atoms with Crippen LogP contribution in [-0.2, 0) is 0 Å². The Morgan fingerprint density at radius 3 is 2.33 bits per heavy atom. The monoisotopic (exact) mass is 406 g/mol. The van der Waals surface area contributed by atoms with Gasteiger partial charge < -0.3 is 14.5 Å². The van der Waals surface area contributed by atoms with Crippen LogP contribution in [0.2, 0.25) is 0 Å². The zero-order valence-corrected chi connectivity index (χ0v) is 17.7. The molecule has 0 aliphatic carbocycles. The van der Waals surface area contributed by atoms with Crippen molar-refractivity contribution < 1.29 is 14.3 Å². The zero-order chi connectivity index (χ0) is 20.9. The summed E-state index contributed by atoms with van der Waals surface area (Å²) in [5.41, 5.74) is 2.52. The summed E-state index contributed by atoms with van der Waals surface area (Å²) in [6, 6.07) is 15.3. The number of nitrogens with zero attached hydrogens (tertiary/aromatic N) is 2. The van der Waals surface area contributed by atoms with Gasteiger partial charge in [0.25, 0.3) is 11.8 Å². The Bertz CT molecular complexity index is 897. The first-order chi connectivity index (χ1) is 14.6. The Morgan fingerprint density at radius 1 is 0.900 bits per heavy atom. The van der Waals surface area contributed by atoms with Crippen molar-refractivity contribution in [2.75, 3.05) is 32.8 Å². The van der Waals surface area contributed by atoms with E-state index < -0.39 is 0 Å². The highest BCUT2D eigenvalue weighted by Gasteiger charge is 2.26. The van der Waals surface area contributed by atoms with Gasteiger partial charge in [-0.15, -0.1) is 0 Å². The molecule has 0 bridgehead atoms. The number of ether oxygens (including phenoxy) is 1. The summed E-state index contributed by atoms with van der Waals surface area (Å²) in [6.45, 7) is 5.74. The number of carbonyl (C=O) groups is 2. The van der Waals surface area contributed by atoms with Crippen molar-refractivity contribution >= 4 is 11.8 Å². The van der Waals surface area contributed by atoms with Gasteiger partial charge in [-0.3, -0.25) is 9.59 Å². The maximum Gasteiger partial charge on any atom is 0.257 e. The first-order valence-electron chi connectivity index (χ1n) is 11.0. The fraction of sp³-hybridized carbons (Fsp3) is 0.440. The standard InChI is InChI=1S/C25H30N2O3/c1-19-7-6-8-21(17-19)24(28)27-15-11-20(12-16-27)18-30-23-10-3-2-9-22(23)25(29)26-13-4-5-14-26/h2-3,6-10,17,20H,4-5,11-16,18H2,1H3. The summed E-state index contributed by atoms with van der Waals surface area (Å²) < 4.78 is 6.10. The van der Waals surface area contributed by atoms with Gasteiger partial charge in [-0.25, -0.2) is 0 Å². The number of amides is 2. The second-order valence-corrected chi connectivity index (χ2v) is 8.41. The smallest absolute Gasteiger partial charge is 0.257 e. The number of hydrogen-bond donors (Lipinski definition) is 0. The van der Waals surface area contributed by atoms with E-state index in [1.165, 1.54) is 0 Å². The molecule has 5 heteroatoms. The summed E-state index contributed by atoms with van der Waals surface area (Å²) in [6.07, 6.45) is 3.99. The zero-order valence-electron chi connectivity index (χ0n) is 17.7. The van der Waals surface area contributed by atoms with Crippen molar-refractivity contribution in [3.63, 3.8) is 0 Å². The summed E-state index contributed by atoms with van der Waals surface area (Å²) >= 11 is 0. The van der Waals surface area contributed by atoms with Crippen molar-refractivity contribution in [1.82, 2.24) is 9.80 Å². The number of para-hydroxylation sites is 1. The lowest BCUT2D eigenvalue weighted by molar-refractivity contribution is 0.0657. The fourth-order valence-corrected chi connectivity index (χ4v) is 4.33. The van der Waals surface area contributed by atoms with E-state index >= 15 is 0 Å². The molecule has 0 N–H and O–H groups in total. The molecule has 5 nitrogen and oxygen atoms in total. The van der Waals surface area contributed by atoms with Crippen LogP contribution in [0.1, 0.15) is 52.0 Å². The molecule has 4 rings (SSSR count). The molecule has 0 atom stereocenters. The van der Waals surface area contributed by atoms with E-state index in [2.05, 4.69) is 0 Å². The predicted octanol–water partition coefficient (Wildman–Crippen LogP) is 4.16. The van der Waals surface area contributed by atoms with Crippen LogP contribution in [0.15, 0.2) is 48.5 Å². The van der Waals surface area contributed by atoms with Gasteiger partial charge in [0.05, 0.1) is 12.2 Å². The van der Waals surface area contributed by atoms with Gasteiger partial charge in [-0.1, -0.05) is 29.8 Å². The SMILES string of the molecule is Cc1cccc(C(=O)N2CCC(COc3ccccc3C(=O)N3CCCC3)CC2)c1. The molecule has 0 radical (unpaired) electrons. The molecule has 2 fully saturated rings. The van der Waals surface area contributed by atoms with Crippen LogP contribution in [-0.4, -0.2) is 54.4 Å². The van der Waals surface area contributed by atoms with E-state index in [9.17, 15) is 9.59 Å². The van der Waals surface area contributed by atoms with Gasteiger partial charge in [-0.05, 0) is 62.8 Å². The maximum atomic E-state index is 12.8. The van der Waals surface area contributed by atoms with Crippen molar-refractivity contribution in [2.45, 2.75) is 32.6 Å². The normalized spacial score (nSPS) is 17.2. The minimum absolute atomic E-state index is 0.0710. The molecule has 158 valence electrons. The molecule has 2 heterocycles. The molecule has 2 aromatic carbocycles. The summed E-state index contributed by atoms with van der Waals surface area (Å²) in [7, 11) is 0. The van der Waals surface area contributed by atoms with Gasteiger partial charge in [0.2, 0.25) is 0 Å². The van der Waals surface area contributed by atoms with Crippen LogP contribution in [0.4, 0.5) is 0 Å². The molecule has 30 heavy (non-hydrogen) atoms. The molecule has 2 amide bonds. The topological polar surface area (TPSA) is 49.9 Å². The largest absolute Gasteiger partial charge is 0.492 e. The van der Waals surface area contributed by atoms with E-state index in [1.54, 1.807) is 0 Å². The van der Waals surface area contributed by atoms with Crippen LogP contribution < -0.4 is 4.74 Å². The lowest BCUT2D eigenvalue weighted by atomic mass is 9.97. The number of piperidine rings is 1. The highest BCUT2D eigenvalue weighted by molar-refractivity contribution is 5.97. The summed E-state index contributed by atoms with van der Waals surface area (Å²) in [5.74, 6) is 1.25. The molecule has 2 aliphatic rings. The number of benzene rings is 2. The average molecular weight is 407 g/mol. The van der Waals surface area contributed by atoms with Gasteiger partial charge in [0.15, 0.2) is 0 Å². The second kappa shape index (κ2) is 9.33. The number of aryl methyl sites for hydroxylation is 1. The highest BCUT2D eigenvalue weighted by Crippen LogP contribution is 2.25. The summed E-state index contributed by atoms with van der Waals surface area (Å²) in [5, 5.41) is 0. The van der Waals surface area contributed by atoms with Crippen LogP contribution in [0, 0.1) is 12.8 Å². The van der Waals surface area contributed by atoms with Crippen LogP contribution in [0.3, 0.4) is 0 Å². The molecule has 0 aromatic heterocycles. The fourth-order valence-electron chi connectivity index (χ4n) is 4.33. The highest BCUT2D eigenvalue weighted by atomic mass is 16.5. The molecule has 0 unspecified atom stereocenters. The average Bonchev–Trinajstić information content (AvgIpc) is 3.32. The number of carbonyl (C=O) groups excluding carboxylic acids is 2. The molecule has 0 saturated carbocycles. The third-order valence-electron chi connectivity index (χ3n) is 6.15. The second-order valence-electron chi connectivity index (χ2n) is 8.41. The van der Waals surface area contributed by atoms with Gasteiger partial charge in [0.1, 0.15) is 5.75 Å². The summed E-state index contributed by atoms with van der Waals surface area (Å²) in [4.78, 5) is 29.4. The molecule has 2 aliphatic heterocycles. The Labute approximate surface area is 178 Å². The molecule has 2 saturated heterocycles. The van der Waals surface area contributed by atoms with E-state index in [-0.39, 0.29) is 11.8 Å². The quantitative estimate of drug-likeness (QED) is 0.749. The lowest BCUT2D eigenvalue weighted by Crippen LogP contribution is -2.39. The molecule has 2 aromatic rings. The Hall–Kier alpha value is -2.82. The van der Waals surface area contributed by atoms with E-state index in [0.29, 0.717) is 23.8 Å². The number of rotatable bonds is 5. The van der Waals surface area contributed by atoms with E-state index in [0.717, 1.165) is 63.0 Å². The van der Waals surface area contributed by atoms with Gasteiger partial charge in [-0.2, -0.15) is 0 Å². The number of likely N-dealkylation sites (tertiary alicyclic amines) is 2. The van der Waals surface area contributed by atoms with E-state index in [1.807, 2.05) is 65.3 Å². The molecular formula is C25H30N2O3. The van der Waals surface area contributed by atoms with Crippen LogP contribution in [0.5, 0.6) is 5.75 Å². The minimum atomic E-state index is 0.0710. The predicted molar refractivity (Wildman–Crippen MR) is 117 cm³/mol. The van der Waals surface area contributed by atoms with Crippen LogP contribution >= 0.6 is 0 Å². The van der Waals surface area contributed by atoms with Crippen molar-refractivity contribution in [3.05, 3.63) is 65.2 Å². The maximum absolute atomic E-state index is 12.8. The van der Waals surface area contributed by atoms with Crippen molar-refractivity contribution in [1.29, 1.82) is 0 Å². The van der Waals surface area contributed by atoms with Crippen molar-refractivity contribution in [2.24, 2.45) is 5.92 Å². The van der Waals surface area contributed by atoms with Crippen LogP contribution in [0.25, 0.3) is 0 Å². The third kappa shape index (κ3) is 4.66. The Morgan fingerprint density at radius 2 is 1.60 bits per heavy atom. The Balaban J connectivity index is 1.31. The van der Waals surface area contributed by atoms with Gasteiger partial charge >= 0.3 is 0 Å². The lowest BCUT2D eigenvalue weighted by Gasteiger charge is -2.32. The van der Waals surface area contributed by atoms with Crippen molar-refractivity contribution in [3.8, 4) is 5.75 Å². The number of hydrogen-bond acceptors (Lipinski definition) is 3. The third-order valence-corrected chi connectivity index (χ3v) is 6.15. The molecule has 0 spiro atoms. The van der Waals surface area contributed by atoms with E-state index in [4.69, 9.17) is 4.74 Å². The minimum Gasteiger partial charge on any atom is -0.492 e. The van der Waals surface area contributed by atoms with Gasteiger partial charge in [0, 0.05) is 31.7 Å².